The van der Waals surface area contributed by atoms with Crippen molar-refractivity contribution in [2.24, 2.45) is 0 Å². The third-order valence-corrected chi connectivity index (χ3v) is 1.38. The lowest BCUT2D eigenvalue weighted by atomic mass is 10.2. The summed E-state index contributed by atoms with van der Waals surface area (Å²) in [5, 5.41) is 0. The quantitative estimate of drug-likeness (QED) is 0.636. The molecule has 0 radical (unpaired) electrons. The number of hydrogen-bond donors (Lipinski definition) is 0. The molecule has 0 saturated heterocycles. The lowest BCUT2D eigenvalue weighted by Crippen LogP contribution is -1.84. The summed E-state index contributed by atoms with van der Waals surface area (Å²) in [7, 11) is 1.59. The molecule has 0 saturated carbocycles. The van der Waals surface area contributed by atoms with Crippen molar-refractivity contribution in [2.45, 2.75) is 6.61 Å². The molecule has 2 nitrogen and oxygen atoms in total. The lowest BCUT2D eigenvalue weighted by Gasteiger charge is -1.99. The van der Waals surface area contributed by atoms with Crippen molar-refractivity contribution < 1.29 is 9.47 Å². The average molecular weight is 164 g/mol. The van der Waals surface area contributed by atoms with Gasteiger partial charge in [-0.3, -0.25) is 0 Å². The third kappa shape index (κ3) is 3.10. The van der Waals surface area contributed by atoms with E-state index in [1.54, 1.807) is 7.11 Å². The van der Waals surface area contributed by atoms with E-state index in [0.29, 0.717) is 6.61 Å². The molecular weight excluding hydrogens is 152 g/mol. The van der Waals surface area contributed by atoms with Crippen LogP contribution in [0.1, 0.15) is 5.56 Å². The van der Waals surface area contributed by atoms with Gasteiger partial charge in [-0.2, -0.15) is 0 Å². The molecule has 0 heterocycles. The van der Waals surface area contributed by atoms with Gasteiger partial charge in [0.2, 0.25) is 0 Å². The molecular formula is C10H12O2. The van der Waals surface area contributed by atoms with Crippen LogP contribution in [0.2, 0.25) is 0 Å². The van der Waals surface area contributed by atoms with E-state index in [-0.39, 0.29) is 0 Å². The molecule has 1 rings (SSSR count). The van der Waals surface area contributed by atoms with Gasteiger partial charge in [-0.25, -0.2) is 0 Å². The monoisotopic (exact) mass is 164 g/mol. The Morgan fingerprint density at radius 2 is 1.92 bits per heavy atom. The maximum atomic E-state index is 5.15. The highest BCUT2D eigenvalue weighted by Gasteiger charge is 1.86. The molecule has 0 N–H and O–H groups in total. The molecule has 0 spiro atoms. The summed E-state index contributed by atoms with van der Waals surface area (Å²) < 4.78 is 9.83. The fraction of sp³-hybridized carbons (Fsp3) is 0.200. The zero-order chi connectivity index (χ0) is 8.65. The summed E-state index contributed by atoms with van der Waals surface area (Å²) in [5.41, 5.74) is 1.15. The largest absolute Gasteiger partial charge is 0.501 e. The van der Waals surface area contributed by atoms with Crippen LogP contribution in [-0.2, 0) is 16.1 Å². The van der Waals surface area contributed by atoms with E-state index in [1.807, 2.05) is 30.3 Å². The second-order valence-electron chi connectivity index (χ2n) is 2.30. The number of ether oxygens (including phenoxy) is 2. The van der Waals surface area contributed by atoms with Crippen LogP contribution in [-0.4, -0.2) is 7.11 Å². The second kappa shape index (κ2) is 5.24. The van der Waals surface area contributed by atoms with Crippen molar-refractivity contribution in [3.8, 4) is 0 Å². The fourth-order valence-corrected chi connectivity index (χ4v) is 0.813. The molecule has 0 aliphatic carbocycles. The molecule has 12 heavy (non-hydrogen) atoms. The van der Waals surface area contributed by atoms with Crippen LogP contribution in [0, 0.1) is 0 Å². The van der Waals surface area contributed by atoms with E-state index in [2.05, 4.69) is 4.74 Å². The van der Waals surface area contributed by atoms with Gasteiger partial charge in [0.15, 0.2) is 0 Å². The highest BCUT2D eigenvalue weighted by atomic mass is 16.5. The summed E-state index contributed by atoms with van der Waals surface area (Å²) in [4.78, 5) is 0. The van der Waals surface area contributed by atoms with E-state index in [0.717, 1.165) is 5.56 Å². The summed E-state index contributed by atoms with van der Waals surface area (Å²) in [5.74, 6) is 0. The Bertz CT molecular complexity index is 229. The maximum absolute atomic E-state index is 5.15. The van der Waals surface area contributed by atoms with E-state index < -0.39 is 0 Å². The first kappa shape index (κ1) is 8.65. The molecule has 1 aromatic rings. The molecule has 0 unspecified atom stereocenters. The van der Waals surface area contributed by atoms with Gasteiger partial charge < -0.3 is 9.47 Å². The van der Waals surface area contributed by atoms with Gasteiger partial charge >= 0.3 is 0 Å². The minimum Gasteiger partial charge on any atom is -0.501 e. The van der Waals surface area contributed by atoms with Gasteiger partial charge in [0.05, 0.1) is 7.11 Å². The molecule has 0 aliphatic heterocycles. The highest BCUT2D eigenvalue weighted by molar-refractivity contribution is 5.13. The van der Waals surface area contributed by atoms with Gasteiger partial charge in [-0.15, -0.1) is 0 Å². The van der Waals surface area contributed by atoms with Crippen LogP contribution in [0.3, 0.4) is 0 Å². The van der Waals surface area contributed by atoms with E-state index in [4.69, 9.17) is 4.74 Å². The minimum absolute atomic E-state index is 0.584. The molecule has 2 heteroatoms. The van der Waals surface area contributed by atoms with Gasteiger partial charge in [0, 0.05) is 0 Å². The van der Waals surface area contributed by atoms with Crippen molar-refractivity contribution in [1.29, 1.82) is 0 Å². The molecule has 0 atom stereocenters. The summed E-state index contributed by atoms with van der Waals surface area (Å²) in [6.45, 7) is 0.584. The van der Waals surface area contributed by atoms with Crippen molar-refractivity contribution in [2.75, 3.05) is 7.11 Å². The first-order chi connectivity index (χ1) is 5.93. The van der Waals surface area contributed by atoms with E-state index in [1.165, 1.54) is 12.5 Å². The summed E-state index contributed by atoms with van der Waals surface area (Å²) in [6, 6.07) is 9.98. The molecule has 0 bridgehead atoms. The van der Waals surface area contributed by atoms with Gasteiger partial charge in [0.25, 0.3) is 0 Å². The van der Waals surface area contributed by atoms with Gasteiger partial charge in [-0.05, 0) is 5.56 Å². The topological polar surface area (TPSA) is 18.5 Å². The number of hydrogen-bond acceptors (Lipinski definition) is 2. The van der Waals surface area contributed by atoms with Crippen molar-refractivity contribution in [3.63, 3.8) is 0 Å². The van der Waals surface area contributed by atoms with Crippen molar-refractivity contribution >= 4 is 0 Å². The summed E-state index contributed by atoms with van der Waals surface area (Å²) in [6.07, 6.45) is 3.04. The van der Waals surface area contributed by atoms with Gasteiger partial charge in [-0.1, -0.05) is 30.3 Å². The summed E-state index contributed by atoms with van der Waals surface area (Å²) >= 11 is 0. The standard InChI is InChI=1S/C10H12O2/c1-11-7-8-12-9-10-5-3-2-4-6-10/h2-8H,9H2,1H3. The smallest absolute Gasteiger partial charge is 0.118 e. The molecule has 0 fully saturated rings. The predicted octanol–water partition coefficient (Wildman–Crippen LogP) is 2.32. The Hall–Kier alpha value is -1.44. The number of rotatable bonds is 4. The molecule has 0 aliphatic rings. The fourth-order valence-electron chi connectivity index (χ4n) is 0.813. The Balaban J connectivity index is 2.29. The van der Waals surface area contributed by atoms with E-state index in [9.17, 15) is 0 Å². The molecule has 0 amide bonds. The maximum Gasteiger partial charge on any atom is 0.118 e. The van der Waals surface area contributed by atoms with Crippen molar-refractivity contribution in [1.82, 2.24) is 0 Å². The van der Waals surface area contributed by atoms with Crippen LogP contribution in [0.25, 0.3) is 0 Å². The Morgan fingerprint density at radius 1 is 1.17 bits per heavy atom. The molecule has 1 aromatic carbocycles. The first-order valence-electron chi connectivity index (χ1n) is 3.77. The van der Waals surface area contributed by atoms with E-state index >= 15 is 0 Å². The Morgan fingerprint density at radius 3 is 2.58 bits per heavy atom. The van der Waals surface area contributed by atoms with Crippen LogP contribution < -0.4 is 0 Å². The first-order valence-corrected chi connectivity index (χ1v) is 3.77. The zero-order valence-electron chi connectivity index (χ0n) is 7.07. The Labute approximate surface area is 72.4 Å². The minimum atomic E-state index is 0.584. The second-order valence-corrected chi connectivity index (χ2v) is 2.30. The van der Waals surface area contributed by atoms with Crippen molar-refractivity contribution in [3.05, 3.63) is 48.4 Å². The van der Waals surface area contributed by atoms with Crippen LogP contribution in [0.4, 0.5) is 0 Å². The lowest BCUT2D eigenvalue weighted by molar-refractivity contribution is 0.217. The van der Waals surface area contributed by atoms with Gasteiger partial charge in [0.1, 0.15) is 19.1 Å². The third-order valence-electron chi connectivity index (χ3n) is 1.38. The normalized spacial score (nSPS) is 10.1. The highest BCUT2D eigenvalue weighted by Crippen LogP contribution is 2.00. The number of methoxy groups -OCH3 is 1. The average Bonchev–Trinajstić information content (AvgIpc) is 2.14. The molecule has 0 aromatic heterocycles. The van der Waals surface area contributed by atoms with Crippen LogP contribution in [0.15, 0.2) is 42.9 Å². The SMILES string of the molecule is COC=COCc1ccccc1. The predicted molar refractivity (Wildman–Crippen MR) is 47.4 cm³/mol. The number of benzene rings is 1. The molecule has 64 valence electrons. The zero-order valence-corrected chi connectivity index (χ0v) is 7.07. The van der Waals surface area contributed by atoms with Crippen LogP contribution in [0.5, 0.6) is 0 Å². The van der Waals surface area contributed by atoms with Crippen LogP contribution >= 0.6 is 0 Å². The Kier molecular flexibility index (Phi) is 3.78.